The van der Waals surface area contributed by atoms with Gasteiger partial charge in [-0.3, -0.25) is 0 Å². The van der Waals surface area contributed by atoms with Crippen LogP contribution in [0.4, 0.5) is 0 Å². The molecule has 1 heterocycles. The van der Waals surface area contributed by atoms with E-state index in [0.717, 1.165) is 18.4 Å². The molecule has 2 nitrogen and oxygen atoms in total. The molecule has 112 valence electrons. The average Bonchev–Trinajstić information content (AvgIpc) is 2.43. The zero-order chi connectivity index (χ0) is 13.7. The predicted molar refractivity (Wildman–Crippen MR) is 83.4 cm³/mol. The van der Waals surface area contributed by atoms with Crippen molar-refractivity contribution in [2.24, 2.45) is 17.3 Å². The number of likely N-dealkylation sites (tertiary alicyclic amines) is 1. The molecule has 19 heavy (non-hydrogen) atoms. The van der Waals surface area contributed by atoms with Gasteiger partial charge in [0, 0.05) is 13.1 Å². The summed E-state index contributed by atoms with van der Waals surface area (Å²) in [7, 11) is 0. The first kappa shape index (κ1) is 15.3. The van der Waals surface area contributed by atoms with E-state index in [1.54, 1.807) is 0 Å². The number of nitrogens with one attached hydrogen (secondary N) is 1. The van der Waals surface area contributed by atoms with Crippen molar-refractivity contribution in [1.82, 2.24) is 10.2 Å². The second-order valence-electron chi connectivity index (χ2n) is 7.42. The first-order valence-corrected chi connectivity index (χ1v) is 8.56. The van der Waals surface area contributed by atoms with Crippen molar-refractivity contribution in [3.63, 3.8) is 0 Å². The van der Waals surface area contributed by atoms with Gasteiger partial charge in [0.15, 0.2) is 0 Å². The van der Waals surface area contributed by atoms with Crippen molar-refractivity contribution in [2.75, 3.05) is 32.7 Å². The molecule has 1 saturated heterocycles. The van der Waals surface area contributed by atoms with Crippen LogP contribution in [0.5, 0.6) is 0 Å². The first-order valence-electron chi connectivity index (χ1n) is 8.56. The SMILES string of the molecule is CCNCC1(CN2CCC(C)CC2)CCC(C)CC1. The molecule has 0 amide bonds. The highest BCUT2D eigenvalue weighted by atomic mass is 15.1. The summed E-state index contributed by atoms with van der Waals surface area (Å²) in [6, 6.07) is 0. The summed E-state index contributed by atoms with van der Waals surface area (Å²) < 4.78 is 0. The average molecular weight is 266 g/mol. The van der Waals surface area contributed by atoms with Crippen LogP contribution in [0.25, 0.3) is 0 Å². The van der Waals surface area contributed by atoms with Crippen molar-refractivity contribution < 1.29 is 0 Å². The normalized spacial score (nSPS) is 34.6. The fourth-order valence-corrected chi connectivity index (χ4v) is 3.85. The van der Waals surface area contributed by atoms with E-state index in [-0.39, 0.29) is 0 Å². The summed E-state index contributed by atoms with van der Waals surface area (Å²) in [4.78, 5) is 2.76. The largest absolute Gasteiger partial charge is 0.316 e. The van der Waals surface area contributed by atoms with Gasteiger partial charge < -0.3 is 10.2 Å². The van der Waals surface area contributed by atoms with Crippen molar-refractivity contribution in [1.29, 1.82) is 0 Å². The lowest BCUT2D eigenvalue weighted by Gasteiger charge is -2.44. The molecule has 0 aromatic heterocycles. The Morgan fingerprint density at radius 3 is 2.16 bits per heavy atom. The van der Waals surface area contributed by atoms with Crippen LogP contribution < -0.4 is 5.32 Å². The van der Waals surface area contributed by atoms with Crippen LogP contribution in [0, 0.1) is 17.3 Å². The van der Waals surface area contributed by atoms with E-state index in [2.05, 4.69) is 31.0 Å². The van der Waals surface area contributed by atoms with Crippen LogP contribution >= 0.6 is 0 Å². The smallest absolute Gasteiger partial charge is 0.00501 e. The van der Waals surface area contributed by atoms with E-state index in [1.165, 1.54) is 64.7 Å². The van der Waals surface area contributed by atoms with Crippen molar-refractivity contribution >= 4 is 0 Å². The standard InChI is InChI=1S/C17H34N2/c1-4-18-13-17(9-5-15(2)6-10-17)14-19-11-7-16(3)8-12-19/h15-16,18H,4-14H2,1-3H3. The van der Waals surface area contributed by atoms with Crippen LogP contribution in [0.3, 0.4) is 0 Å². The molecule has 0 spiro atoms. The molecule has 2 fully saturated rings. The summed E-state index contributed by atoms with van der Waals surface area (Å²) >= 11 is 0. The number of piperidine rings is 1. The van der Waals surface area contributed by atoms with Gasteiger partial charge in [-0.1, -0.05) is 33.6 Å². The van der Waals surface area contributed by atoms with E-state index in [4.69, 9.17) is 0 Å². The third-order valence-electron chi connectivity index (χ3n) is 5.52. The summed E-state index contributed by atoms with van der Waals surface area (Å²) in [5, 5.41) is 3.65. The zero-order valence-corrected chi connectivity index (χ0v) is 13.4. The Labute approximate surface area is 120 Å². The molecule has 0 unspecified atom stereocenters. The van der Waals surface area contributed by atoms with Gasteiger partial charge in [0.2, 0.25) is 0 Å². The fraction of sp³-hybridized carbons (Fsp3) is 1.00. The highest BCUT2D eigenvalue weighted by Crippen LogP contribution is 2.39. The highest BCUT2D eigenvalue weighted by molar-refractivity contribution is 4.90. The van der Waals surface area contributed by atoms with E-state index >= 15 is 0 Å². The third kappa shape index (κ3) is 4.46. The van der Waals surface area contributed by atoms with Gasteiger partial charge in [0.05, 0.1) is 0 Å². The summed E-state index contributed by atoms with van der Waals surface area (Å²) in [6.07, 6.45) is 8.58. The van der Waals surface area contributed by atoms with Crippen molar-refractivity contribution in [3.05, 3.63) is 0 Å². The van der Waals surface area contributed by atoms with Gasteiger partial charge in [-0.15, -0.1) is 0 Å². The molecule has 1 N–H and O–H groups in total. The van der Waals surface area contributed by atoms with Crippen LogP contribution in [-0.2, 0) is 0 Å². The highest BCUT2D eigenvalue weighted by Gasteiger charge is 2.35. The van der Waals surface area contributed by atoms with Crippen molar-refractivity contribution in [3.8, 4) is 0 Å². The molecule has 0 aromatic rings. The monoisotopic (exact) mass is 266 g/mol. The summed E-state index contributed by atoms with van der Waals surface area (Å²) in [5.74, 6) is 1.91. The molecule has 0 bridgehead atoms. The van der Waals surface area contributed by atoms with Gasteiger partial charge in [-0.2, -0.15) is 0 Å². The Bertz CT molecular complexity index is 242. The maximum absolute atomic E-state index is 3.65. The Morgan fingerprint density at radius 1 is 1.00 bits per heavy atom. The Morgan fingerprint density at radius 2 is 1.58 bits per heavy atom. The molecule has 2 heteroatoms. The maximum atomic E-state index is 3.65. The molecule has 1 aliphatic carbocycles. The number of nitrogens with zero attached hydrogens (tertiary/aromatic N) is 1. The van der Waals surface area contributed by atoms with Gasteiger partial charge in [-0.25, -0.2) is 0 Å². The summed E-state index contributed by atoms with van der Waals surface area (Å²) in [6.45, 7) is 13.5. The van der Waals surface area contributed by atoms with E-state index < -0.39 is 0 Å². The first-order chi connectivity index (χ1) is 9.13. The lowest BCUT2D eigenvalue weighted by atomic mass is 9.70. The molecular weight excluding hydrogens is 232 g/mol. The minimum Gasteiger partial charge on any atom is -0.316 e. The number of hydrogen-bond donors (Lipinski definition) is 1. The third-order valence-corrected chi connectivity index (χ3v) is 5.52. The van der Waals surface area contributed by atoms with Gasteiger partial charge in [-0.05, 0) is 62.6 Å². The van der Waals surface area contributed by atoms with E-state index in [1.807, 2.05) is 0 Å². The lowest BCUT2D eigenvalue weighted by molar-refractivity contribution is 0.0685. The second-order valence-corrected chi connectivity index (χ2v) is 7.42. The summed E-state index contributed by atoms with van der Waals surface area (Å²) in [5.41, 5.74) is 0.573. The molecule has 2 aliphatic rings. The Hall–Kier alpha value is -0.0800. The van der Waals surface area contributed by atoms with Crippen molar-refractivity contribution in [2.45, 2.75) is 59.3 Å². The van der Waals surface area contributed by atoms with Gasteiger partial charge >= 0.3 is 0 Å². The molecule has 0 atom stereocenters. The predicted octanol–water partition coefficient (Wildman–Crippen LogP) is 3.52. The van der Waals surface area contributed by atoms with Crippen LogP contribution in [0.15, 0.2) is 0 Å². The quantitative estimate of drug-likeness (QED) is 0.819. The zero-order valence-electron chi connectivity index (χ0n) is 13.4. The Balaban J connectivity index is 1.89. The second kappa shape index (κ2) is 7.08. The van der Waals surface area contributed by atoms with Crippen LogP contribution in [0.2, 0.25) is 0 Å². The maximum Gasteiger partial charge on any atom is 0.00501 e. The molecule has 0 radical (unpaired) electrons. The molecule has 2 rings (SSSR count). The minimum atomic E-state index is 0.573. The van der Waals surface area contributed by atoms with Gasteiger partial charge in [0.1, 0.15) is 0 Å². The van der Waals surface area contributed by atoms with E-state index in [0.29, 0.717) is 5.41 Å². The number of rotatable bonds is 5. The van der Waals surface area contributed by atoms with Gasteiger partial charge in [0.25, 0.3) is 0 Å². The molecular formula is C17H34N2. The number of hydrogen-bond acceptors (Lipinski definition) is 2. The fourth-order valence-electron chi connectivity index (χ4n) is 3.85. The molecule has 1 saturated carbocycles. The van der Waals surface area contributed by atoms with Crippen LogP contribution in [-0.4, -0.2) is 37.6 Å². The topological polar surface area (TPSA) is 15.3 Å². The minimum absolute atomic E-state index is 0.573. The Kier molecular flexibility index (Phi) is 5.70. The molecule has 0 aromatic carbocycles. The van der Waals surface area contributed by atoms with E-state index in [9.17, 15) is 0 Å². The van der Waals surface area contributed by atoms with Crippen LogP contribution in [0.1, 0.15) is 59.3 Å². The lowest BCUT2D eigenvalue weighted by Crippen LogP contribution is -2.48. The molecule has 1 aliphatic heterocycles.